The van der Waals surface area contributed by atoms with Crippen molar-refractivity contribution in [1.82, 2.24) is 0 Å². The molecular formula is C27H35ClO10. The third kappa shape index (κ3) is 4.44. The zero-order valence-corrected chi connectivity index (χ0v) is 23.0. The number of halogens is 1. The summed E-state index contributed by atoms with van der Waals surface area (Å²) in [5.74, 6) is -4.57. The van der Waals surface area contributed by atoms with Gasteiger partial charge in [-0.25, -0.2) is 0 Å². The standard InChI is InChI=1S/C27H35ClO10/c1-7-19(31)37-17-9-8-13(2)20(28)22-27(33,14(3)24(32)38-22)23(36-16(5)30)21-25(17,6)18(35-15(4)29)10-11-26(21)12-34-26/h8-9,14,17-18,20-23,33H,2,7,10-12H2,1,3-6H3/b9-8+/t14-,17-,18-,20-,21+,22-,23-,25-,26-,27-/m1/s1. The highest BCUT2D eigenvalue weighted by molar-refractivity contribution is 6.23. The topological polar surface area (TPSA) is 138 Å². The Kier molecular flexibility index (Phi) is 7.48. The van der Waals surface area contributed by atoms with Gasteiger partial charge in [-0.3, -0.25) is 19.2 Å². The van der Waals surface area contributed by atoms with Crippen LogP contribution in [0.15, 0.2) is 24.3 Å². The zero-order chi connectivity index (χ0) is 28.2. The van der Waals surface area contributed by atoms with Crippen molar-refractivity contribution in [3.8, 4) is 0 Å². The Bertz CT molecular complexity index is 1070. The summed E-state index contributed by atoms with van der Waals surface area (Å²) in [4.78, 5) is 50.4. The number of epoxide rings is 1. The van der Waals surface area contributed by atoms with Crippen molar-refractivity contribution >= 4 is 35.5 Å². The molecule has 2 saturated heterocycles. The summed E-state index contributed by atoms with van der Waals surface area (Å²) in [5.41, 5.74) is -4.05. The molecule has 1 saturated carbocycles. The fourth-order valence-corrected chi connectivity index (χ4v) is 6.86. The summed E-state index contributed by atoms with van der Waals surface area (Å²) < 4.78 is 29.2. The minimum Gasteiger partial charge on any atom is -0.462 e. The molecule has 2 aliphatic carbocycles. The Morgan fingerprint density at radius 2 is 1.84 bits per heavy atom. The summed E-state index contributed by atoms with van der Waals surface area (Å²) in [6, 6.07) is 0. The third-order valence-electron chi connectivity index (χ3n) is 8.65. The van der Waals surface area contributed by atoms with E-state index in [1.807, 2.05) is 0 Å². The highest BCUT2D eigenvalue weighted by Crippen LogP contribution is 2.62. The van der Waals surface area contributed by atoms with Crippen molar-refractivity contribution < 1.29 is 48.0 Å². The number of carbonyl (C=O) groups excluding carboxylic acids is 4. The largest absolute Gasteiger partial charge is 0.462 e. The summed E-state index contributed by atoms with van der Waals surface area (Å²) in [5, 5.41) is 11.3. The molecule has 1 spiro atoms. The van der Waals surface area contributed by atoms with Gasteiger partial charge in [0.1, 0.15) is 18.3 Å². The van der Waals surface area contributed by atoms with E-state index < -0.39 is 82.1 Å². The van der Waals surface area contributed by atoms with Gasteiger partial charge >= 0.3 is 23.9 Å². The van der Waals surface area contributed by atoms with Crippen LogP contribution in [0, 0.1) is 17.3 Å². The zero-order valence-electron chi connectivity index (χ0n) is 22.2. The third-order valence-corrected chi connectivity index (χ3v) is 9.16. The predicted molar refractivity (Wildman–Crippen MR) is 133 cm³/mol. The Labute approximate surface area is 226 Å². The van der Waals surface area contributed by atoms with Gasteiger partial charge in [-0.1, -0.05) is 26.5 Å². The van der Waals surface area contributed by atoms with Crippen molar-refractivity contribution in [2.75, 3.05) is 6.61 Å². The lowest BCUT2D eigenvalue weighted by atomic mass is 9.53. The maximum atomic E-state index is 12.9. The number of hydrogen-bond acceptors (Lipinski definition) is 10. The van der Waals surface area contributed by atoms with Crippen LogP contribution in [0.1, 0.15) is 53.9 Å². The van der Waals surface area contributed by atoms with E-state index in [1.54, 1.807) is 26.0 Å². The van der Waals surface area contributed by atoms with Crippen LogP contribution in [0.5, 0.6) is 0 Å². The van der Waals surface area contributed by atoms with Gasteiger partial charge in [-0.05, 0) is 31.4 Å². The van der Waals surface area contributed by atoms with Gasteiger partial charge in [-0.2, -0.15) is 0 Å². The molecule has 4 aliphatic rings. The Hall–Kier alpha value is -2.43. The maximum Gasteiger partial charge on any atom is 0.312 e. The van der Waals surface area contributed by atoms with Gasteiger partial charge in [0.25, 0.3) is 0 Å². The number of carbonyl (C=O) groups is 4. The Morgan fingerprint density at radius 3 is 2.39 bits per heavy atom. The van der Waals surface area contributed by atoms with Crippen molar-refractivity contribution in [3.63, 3.8) is 0 Å². The molecular weight excluding hydrogens is 520 g/mol. The Morgan fingerprint density at radius 1 is 1.21 bits per heavy atom. The number of rotatable bonds is 4. The fourth-order valence-electron chi connectivity index (χ4n) is 6.54. The van der Waals surface area contributed by atoms with Crippen LogP contribution in [0.2, 0.25) is 0 Å². The molecule has 0 unspecified atom stereocenters. The second-order valence-corrected chi connectivity index (χ2v) is 11.4. The van der Waals surface area contributed by atoms with E-state index in [2.05, 4.69) is 6.58 Å². The number of esters is 4. The van der Waals surface area contributed by atoms with Crippen molar-refractivity contribution in [2.45, 2.75) is 94.9 Å². The number of fused-ring (bicyclic) bond motifs is 3. The minimum absolute atomic E-state index is 0.0722. The van der Waals surface area contributed by atoms with Crippen molar-refractivity contribution in [2.24, 2.45) is 17.3 Å². The molecule has 2 aliphatic heterocycles. The first kappa shape index (κ1) is 28.6. The van der Waals surface area contributed by atoms with Crippen molar-refractivity contribution in [3.05, 3.63) is 24.3 Å². The molecule has 0 amide bonds. The molecule has 0 radical (unpaired) electrons. The molecule has 3 fully saturated rings. The smallest absolute Gasteiger partial charge is 0.312 e. The first-order chi connectivity index (χ1) is 17.7. The molecule has 38 heavy (non-hydrogen) atoms. The molecule has 0 aromatic rings. The van der Waals surface area contributed by atoms with E-state index in [1.165, 1.54) is 20.8 Å². The lowest BCUT2D eigenvalue weighted by Gasteiger charge is -2.56. The first-order valence-electron chi connectivity index (χ1n) is 12.8. The second-order valence-electron chi connectivity index (χ2n) is 10.9. The fraction of sp³-hybridized carbons (Fsp3) is 0.704. The van der Waals surface area contributed by atoms with Crippen LogP contribution < -0.4 is 0 Å². The number of ether oxygens (including phenoxy) is 5. The first-order valence-corrected chi connectivity index (χ1v) is 13.3. The lowest BCUT2D eigenvalue weighted by molar-refractivity contribution is -0.239. The average molecular weight is 555 g/mol. The summed E-state index contributed by atoms with van der Waals surface area (Å²) in [7, 11) is 0. The molecule has 10 atom stereocenters. The quantitative estimate of drug-likeness (QED) is 0.238. The van der Waals surface area contributed by atoms with Crippen LogP contribution in [-0.2, 0) is 42.9 Å². The number of hydrogen-bond donors (Lipinski definition) is 1. The molecule has 0 aromatic carbocycles. The van der Waals surface area contributed by atoms with Crippen LogP contribution >= 0.6 is 11.6 Å². The van der Waals surface area contributed by atoms with E-state index in [4.69, 9.17) is 35.3 Å². The van der Waals surface area contributed by atoms with E-state index in [0.717, 1.165) is 0 Å². The van der Waals surface area contributed by atoms with E-state index in [-0.39, 0.29) is 18.6 Å². The molecule has 10 nitrogen and oxygen atoms in total. The van der Waals surface area contributed by atoms with Gasteiger partial charge in [0.15, 0.2) is 11.7 Å². The molecule has 0 bridgehead atoms. The van der Waals surface area contributed by atoms with Gasteiger partial charge in [0.05, 0.1) is 28.9 Å². The Balaban J connectivity index is 2.03. The summed E-state index contributed by atoms with van der Waals surface area (Å²) >= 11 is 6.73. The van der Waals surface area contributed by atoms with Gasteiger partial charge in [0.2, 0.25) is 0 Å². The SMILES string of the molecule is C=C1/C=C/[C@@H](OC(=O)CC)[C@@]2(C)[C@H]([C@@H](OC(C)=O)[C@@]3(O)[C@H](C)C(=O)O[C@@H]3[C@@H]1Cl)[C@@]1(CC[C@H]2OC(C)=O)CO1. The molecule has 0 aromatic heterocycles. The molecule has 1 N–H and O–H groups in total. The summed E-state index contributed by atoms with van der Waals surface area (Å²) in [6.07, 6.45) is -0.602. The number of alkyl halides is 1. The lowest BCUT2D eigenvalue weighted by Crippen LogP contribution is -2.70. The summed E-state index contributed by atoms with van der Waals surface area (Å²) in [6.45, 7) is 11.6. The van der Waals surface area contributed by atoms with Crippen LogP contribution in [0.3, 0.4) is 0 Å². The van der Waals surface area contributed by atoms with E-state index >= 15 is 0 Å². The maximum absolute atomic E-state index is 12.9. The monoisotopic (exact) mass is 554 g/mol. The van der Waals surface area contributed by atoms with Crippen LogP contribution in [0.25, 0.3) is 0 Å². The molecule has 4 rings (SSSR count). The second kappa shape index (κ2) is 9.95. The van der Waals surface area contributed by atoms with Gasteiger partial charge < -0.3 is 28.8 Å². The normalized spacial score (nSPS) is 44.8. The number of allylic oxidation sites excluding steroid dienone is 1. The molecule has 2 heterocycles. The highest BCUT2D eigenvalue weighted by Gasteiger charge is 2.75. The number of aliphatic hydroxyl groups is 1. The highest BCUT2D eigenvalue weighted by atomic mass is 35.5. The van der Waals surface area contributed by atoms with Crippen LogP contribution in [0.4, 0.5) is 0 Å². The average Bonchev–Trinajstić information content (AvgIpc) is 3.58. The van der Waals surface area contributed by atoms with Crippen molar-refractivity contribution in [1.29, 1.82) is 0 Å². The minimum atomic E-state index is -2.12. The molecule has 11 heteroatoms. The molecule has 210 valence electrons. The van der Waals surface area contributed by atoms with Crippen LogP contribution in [-0.4, -0.2) is 76.6 Å². The van der Waals surface area contributed by atoms with Gasteiger partial charge in [0, 0.05) is 26.2 Å². The van der Waals surface area contributed by atoms with E-state index in [9.17, 15) is 24.3 Å². The van der Waals surface area contributed by atoms with Gasteiger partial charge in [-0.15, -0.1) is 11.6 Å². The predicted octanol–water partition coefficient (Wildman–Crippen LogP) is 2.38. The van der Waals surface area contributed by atoms with E-state index in [0.29, 0.717) is 12.8 Å².